The summed E-state index contributed by atoms with van der Waals surface area (Å²) in [6.45, 7) is 2.99. The van der Waals surface area contributed by atoms with E-state index in [0.29, 0.717) is 26.2 Å². The maximum Gasteiger partial charge on any atom is 0.410 e. The van der Waals surface area contributed by atoms with Crippen molar-refractivity contribution >= 4 is 23.6 Å². The molecule has 2 amide bonds. The Kier molecular flexibility index (Phi) is 9.58. The minimum atomic E-state index is -0.634. The van der Waals surface area contributed by atoms with Gasteiger partial charge in [0.2, 0.25) is 5.91 Å². The Bertz CT molecular complexity index is 1510. The van der Waals surface area contributed by atoms with E-state index >= 15 is 0 Å². The van der Waals surface area contributed by atoms with E-state index in [0.717, 1.165) is 81.5 Å². The van der Waals surface area contributed by atoms with Gasteiger partial charge in [-0.1, -0.05) is 30.2 Å². The fourth-order valence-electron chi connectivity index (χ4n) is 8.11. The van der Waals surface area contributed by atoms with E-state index in [1.807, 2.05) is 30.9 Å². The summed E-state index contributed by atoms with van der Waals surface area (Å²) >= 11 is 6.49. The topological polar surface area (TPSA) is 83.8 Å². The molecule has 0 unspecified atom stereocenters. The third-order valence-electron chi connectivity index (χ3n) is 10.6. The summed E-state index contributed by atoms with van der Waals surface area (Å²) < 4.78 is 8.19. The van der Waals surface area contributed by atoms with E-state index in [4.69, 9.17) is 21.3 Å². The van der Waals surface area contributed by atoms with Crippen molar-refractivity contribution in [3.63, 3.8) is 0 Å². The Balaban J connectivity index is 1.19. The second kappa shape index (κ2) is 14.1. The van der Waals surface area contributed by atoms with E-state index in [1.54, 1.807) is 11.1 Å². The van der Waals surface area contributed by atoms with Crippen molar-refractivity contribution in [3.05, 3.63) is 82.7 Å². The lowest BCUT2D eigenvalue weighted by atomic mass is 9.94. The van der Waals surface area contributed by atoms with Crippen molar-refractivity contribution in [2.75, 3.05) is 26.2 Å². The number of likely N-dealkylation sites (tertiary alicyclic amines) is 1. The molecule has 2 aromatic heterocycles. The molecule has 0 radical (unpaired) electrons. The SMILES string of the molecule is O=C([C@H]1CN([C@H]2c3ccc(Cl)cc3CCc3cccnc32)CCN1C(=O)OC1CCCCC1)N1CCCC[C@H]1CCn1ccnc1. The van der Waals surface area contributed by atoms with Crippen LogP contribution >= 0.6 is 11.6 Å². The van der Waals surface area contributed by atoms with Crippen LogP contribution in [0, 0.1) is 0 Å². The highest BCUT2D eigenvalue weighted by Gasteiger charge is 2.44. The number of fused-ring (bicyclic) bond motifs is 2. The van der Waals surface area contributed by atoms with Crippen molar-refractivity contribution in [3.8, 4) is 0 Å². The number of piperazine rings is 1. The molecule has 0 bridgehead atoms. The van der Waals surface area contributed by atoms with Crippen molar-refractivity contribution < 1.29 is 14.3 Å². The van der Waals surface area contributed by atoms with E-state index in [-0.39, 0.29) is 30.2 Å². The maximum absolute atomic E-state index is 14.8. The first-order valence-corrected chi connectivity index (χ1v) is 17.6. The maximum atomic E-state index is 14.8. The number of aryl methyl sites for hydroxylation is 3. The van der Waals surface area contributed by atoms with Crippen LogP contribution in [0.15, 0.2) is 55.2 Å². The molecular formula is C36H45ClN6O3. The van der Waals surface area contributed by atoms with Crippen LogP contribution in [0.1, 0.15) is 86.2 Å². The van der Waals surface area contributed by atoms with Crippen LogP contribution in [0.25, 0.3) is 0 Å². The summed E-state index contributed by atoms with van der Waals surface area (Å²) in [4.78, 5) is 43.9. The number of carbonyl (C=O) groups excluding carboxylic acids is 2. The van der Waals surface area contributed by atoms with E-state index in [1.165, 1.54) is 23.1 Å². The number of rotatable bonds is 6. The van der Waals surface area contributed by atoms with Crippen LogP contribution < -0.4 is 0 Å². The van der Waals surface area contributed by atoms with Crippen molar-refractivity contribution in [2.45, 2.75) is 101 Å². The number of halogens is 1. The molecular weight excluding hydrogens is 600 g/mol. The van der Waals surface area contributed by atoms with Crippen LogP contribution in [0.3, 0.4) is 0 Å². The van der Waals surface area contributed by atoms with Gasteiger partial charge in [0.1, 0.15) is 12.1 Å². The van der Waals surface area contributed by atoms with Crippen molar-refractivity contribution in [2.24, 2.45) is 0 Å². The minimum absolute atomic E-state index is 0.0341. The van der Waals surface area contributed by atoms with Gasteiger partial charge >= 0.3 is 6.09 Å². The fraction of sp³-hybridized carbons (Fsp3) is 0.556. The Labute approximate surface area is 276 Å². The number of imidazole rings is 1. The molecule has 2 saturated heterocycles. The summed E-state index contributed by atoms with van der Waals surface area (Å²) in [6, 6.07) is 9.70. The molecule has 1 saturated carbocycles. The molecule has 4 aliphatic rings. The van der Waals surface area contributed by atoms with Gasteiger partial charge in [-0.15, -0.1) is 0 Å². The highest BCUT2D eigenvalue weighted by Crippen LogP contribution is 2.38. The molecule has 2 aliphatic heterocycles. The average molecular weight is 645 g/mol. The number of piperidine rings is 1. The highest BCUT2D eigenvalue weighted by atomic mass is 35.5. The highest BCUT2D eigenvalue weighted by molar-refractivity contribution is 6.30. The van der Waals surface area contributed by atoms with Gasteiger partial charge in [0.15, 0.2) is 0 Å². The zero-order chi connectivity index (χ0) is 31.5. The lowest BCUT2D eigenvalue weighted by Crippen LogP contribution is -2.63. The second-order valence-corrected chi connectivity index (χ2v) is 13.8. The first-order chi connectivity index (χ1) is 22.5. The minimum Gasteiger partial charge on any atom is -0.446 e. The number of nitrogens with zero attached hydrogens (tertiary/aromatic N) is 6. The zero-order valence-corrected chi connectivity index (χ0v) is 27.4. The normalized spacial score (nSPS) is 24.2. The fourth-order valence-corrected chi connectivity index (χ4v) is 8.31. The predicted octanol–water partition coefficient (Wildman–Crippen LogP) is 6.05. The number of benzene rings is 1. The molecule has 244 valence electrons. The number of pyridine rings is 1. The molecule has 10 heteroatoms. The number of ether oxygens (including phenoxy) is 1. The summed E-state index contributed by atoms with van der Waals surface area (Å²) in [5.74, 6) is 0.0341. The molecule has 4 heterocycles. The van der Waals surface area contributed by atoms with Crippen LogP contribution in [0.4, 0.5) is 4.79 Å². The number of hydrogen-bond acceptors (Lipinski definition) is 6. The van der Waals surface area contributed by atoms with E-state index in [2.05, 4.69) is 37.5 Å². The van der Waals surface area contributed by atoms with Gasteiger partial charge in [0, 0.05) is 62.4 Å². The quantitative estimate of drug-likeness (QED) is 0.325. The average Bonchev–Trinajstić information content (AvgIpc) is 3.56. The molecule has 3 fully saturated rings. The second-order valence-electron chi connectivity index (χ2n) is 13.4. The smallest absolute Gasteiger partial charge is 0.410 e. The molecule has 0 N–H and O–H groups in total. The van der Waals surface area contributed by atoms with E-state index < -0.39 is 6.04 Å². The molecule has 46 heavy (non-hydrogen) atoms. The summed E-state index contributed by atoms with van der Waals surface area (Å²) in [5.41, 5.74) is 4.65. The van der Waals surface area contributed by atoms with Crippen molar-refractivity contribution in [1.29, 1.82) is 0 Å². The molecule has 9 nitrogen and oxygen atoms in total. The summed E-state index contributed by atoms with van der Waals surface area (Å²) in [7, 11) is 0. The first-order valence-electron chi connectivity index (χ1n) is 17.2. The molecule has 1 aromatic carbocycles. The van der Waals surface area contributed by atoms with Gasteiger partial charge in [-0.25, -0.2) is 9.78 Å². The van der Waals surface area contributed by atoms with Gasteiger partial charge in [-0.3, -0.25) is 19.6 Å². The number of amides is 2. The molecule has 2 aliphatic carbocycles. The third kappa shape index (κ3) is 6.67. The van der Waals surface area contributed by atoms with Crippen LogP contribution in [-0.4, -0.2) is 85.6 Å². The van der Waals surface area contributed by atoms with Gasteiger partial charge in [0.25, 0.3) is 0 Å². The molecule has 3 aromatic rings. The Morgan fingerprint density at radius 2 is 1.76 bits per heavy atom. The van der Waals surface area contributed by atoms with Crippen LogP contribution in [-0.2, 0) is 28.9 Å². The standard InChI is InChI=1S/C36H45ClN6O3/c37-28-13-14-31-27(23-28)12-11-26-7-6-16-39-33(26)34(31)41-21-22-43(36(45)46-30-9-2-1-3-10-30)32(24-41)35(44)42-18-5-4-8-29(42)15-19-40-20-17-38-25-40/h6-7,13-14,16-17,20,23,25,29-30,32,34H,1-5,8-12,15,18-19,21-22,24H2/t29-,32+,34-/m0/s1. The Morgan fingerprint density at radius 1 is 0.913 bits per heavy atom. The summed E-state index contributed by atoms with van der Waals surface area (Å²) in [5, 5.41) is 0.728. The lowest BCUT2D eigenvalue weighted by Gasteiger charge is -2.46. The van der Waals surface area contributed by atoms with Crippen LogP contribution in [0.2, 0.25) is 5.02 Å². The number of aromatic nitrogens is 3. The first kappa shape index (κ1) is 31.2. The molecule has 0 spiro atoms. The van der Waals surface area contributed by atoms with Gasteiger partial charge < -0.3 is 14.2 Å². The zero-order valence-electron chi connectivity index (χ0n) is 26.6. The Hall–Kier alpha value is -3.43. The summed E-state index contributed by atoms with van der Waals surface area (Å²) in [6.07, 6.45) is 17.9. The lowest BCUT2D eigenvalue weighted by molar-refractivity contribution is -0.143. The molecule has 3 atom stereocenters. The van der Waals surface area contributed by atoms with Crippen LogP contribution in [0.5, 0.6) is 0 Å². The van der Waals surface area contributed by atoms with Crippen molar-refractivity contribution in [1.82, 2.24) is 29.2 Å². The monoisotopic (exact) mass is 644 g/mol. The van der Waals surface area contributed by atoms with Gasteiger partial charge in [-0.05, 0) is 99.1 Å². The van der Waals surface area contributed by atoms with E-state index in [9.17, 15) is 9.59 Å². The largest absolute Gasteiger partial charge is 0.446 e. The predicted molar refractivity (Wildman–Crippen MR) is 177 cm³/mol. The number of carbonyl (C=O) groups is 2. The third-order valence-corrected chi connectivity index (χ3v) is 10.8. The number of hydrogen-bond donors (Lipinski definition) is 0. The molecule has 7 rings (SSSR count). The van der Waals surface area contributed by atoms with Gasteiger partial charge in [0.05, 0.1) is 18.1 Å². The van der Waals surface area contributed by atoms with Gasteiger partial charge in [-0.2, -0.15) is 0 Å². The Morgan fingerprint density at radius 3 is 2.61 bits per heavy atom.